The predicted octanol–water partition coefficient (Wildman–Crippen LogP) is 2.57. The molecular formula is C17H24N2O2. The van der Waals surface area contributed by atoms with Crippen LogP contribution in [-0.4, -0.2) is 23.9 Å². The van der Waals surface area contributed by atoms with Crippen LogP contribution >= 0.6 is 0 Å². The molecule has 1 N–H and O–H groups in total. The molecular weight excluding hydrogens is 264 g/mol. The average Bonchev–Trinajstić information content (AvgIpc) is 2.43. The molecule has 0 bridgehead atoms. The fourth-order valence-corrected chi connectivity index (χ4v) is 2.82. The maximum absolute atomic E-state index is 12.9. The predicted molar refractivity (Wildman–Crippen MR) is 84.2 cm³/mol. The number of nitrogens with zero attached hydrogens (tertiary/aromatic N) is 1. The summed E-state index contributed by atoms with van der Waals surface area (Å²) in [6.45, 7) is 9.82. The SMILES string of the molecule is CCC1C(=O)NC(C(C)C)C(=O)N1c1cc(C)ccc1C. The number of rotatable bonds is 3. The molecule has 1 aliphatic heterocycles. The van der Waals surface area contributed by atoms with Gasteiger partial charge in [-0.05, 0) is 43.4 Å². The fourth-order valence-electron chi connectivity index (χ4n) is 2.82. The molecule has 4 heteroatoms. The second-order valence-electron chi connectivity index (χ2n) is 6.15. The summed E-state index contributed by atoms with van der Waals surface area (Å²) < 4.78 is 0. The Morgan fingerprint density at radius 2 is 1.90 bits per heavy atom. The number of aryl methyl sites for hydroxylation is 2. The zero-order valence-corrected chi connectivity index (χ0v) is 13.4. The summed E-state index contributed by atoms with van der Waals surface area (Å²) in [5.41, 5.74) is 2.96. The molecule has 2 atom stereocenters. The minimum absolute atomic E-state index is 0.00912. The fraction of sp³-hybridized carbons (Fsp3) is 0.529. The van der Waals surface area contributed by atoms with Crippen LogP contribution in [0.25, 0.3) is 0 Å². The van der Waals surface area contributed by atoms with Gasteiger partial charge in [-0.3, -0.25) is 14.5 Å². The normalized spacial score (nSPS) is 22.7. The highest BCUT2D eigenvalue weighted by atomic mass is 16.2. The quantitative estimate of drug-likeness (QED) is 0.929. The van der Waals surface area contributed by atoms with Gasteiger partial charge in [-0.1, -0.05) is 32.9 Å². The summed E-state index contributed by atoms with van der Waals surface area (Å²) in [4.78, 5) is 26.9. The van der Waals surface area contributed by atoms with Gasteiger partial charge in [0.15, 0.2) is 0 Å². The number of amides is 2. The second-order valence-corrected chi connectivity index (χ2v) is 6.15. The third-order valence-electron chi connectivity index (χ3n) is 4.09. The summed E-state index contributed by atoms with van der Waals surface area (Å²) >= 11 is 0. The molecule has 1 aromatic carbocycles. The summed E-state index contributed by atoms with van der Waals surface area (Å²) in [6, 6.07) is 5.15. The van der Waals surface area contributed by atoms with Crippen molar-refractivity contribution >= 4 is 17.5 Å². The smallest absolute Gasteiger partial charge is 0.250 e. The molecule has 21 heavy (non-hydrogen) atoms. The zero-order valence-electron chi connectivity index (χ0n) is 13.4. The van der Waals surface area contributed by atoms with Crippen LogP contribution in [0, 0.1) is 19.8 Å². The zero-order chi connectivity index (χ0) is 15.7. The van der Waals surface area contributed by atoms with E-state index in [1.165, 1.54) is 0 Å². The Kier molecular flexibility index (Phi) is 4.35. The number of carbonyl (C=O) groups is 2. The first-order valence-corrected chi connectivity index (χ1v) is 7.57. The standard InChI is InChI=1S/C17H24N2O2/c1-6-13-16(20)18-15(10(2)3)17(21)19(13)14-9-11(4)7-8-12(14)5/h7-10,13,15H,6H2,1-5H3,(H,18,20). The third-order valence-corrected chi connectivity index (χ3v) is 4.09. The lowest BCUT2D eigenvalue weighted by Crippen LogP contribution is -2.65. The van der Waals surface area contributed by atoms with E-state index in [1.54, 1.807) is 4.90 Å². The molecule has 4 nitrogen and oxygen atoms in total. The first-order valence-electron chi connectivity index (χ1n) is 7.57. The Morgan fingerprint density at radius 1 is 1.24 bits per heavy atom. The van der Waals surface area contributed by atoms with Crippen LogP contribution in [0.2, 0.25) is 0 Å². The summed E-state index contributed by atoms with van der Waals surface area (Å²) in [5.74, 6) is 0.00808. The van der Waals surface area contributed by atoms with Gasteiger partial charge in [-0.25, -0.2) is 0 Å². The Morgan fingerprint density at radius 3 is 2.48 bits per heavy atom. The summed E-state index contributed by atoms with van der Waals surface area (Å²) in [7, 11) is 0. The largest absolute Gasteiger partial charge is 0.342 e. The minimum atomic E-state index is -0.444. The van der Waals surface area contributed by atoms with Crippen molar-refractivity contribution in [2.45, 2.75) is 53.1 Å². The molecule has 0 radical (unpaired) electrons. The highest BCUT2D eigenvalue weighted by molar-refractivity contribution is 6.08. The lowest BCUT2D eigenvalue weighted by molar-refractivity contribution is -0.134. The Hall–Kier alpha value is -1.84. The number of piperazine rings is 1. The molecule has 1 aliphatic rings. The second kappa shape index (κ2) is 5.88. The van der Waals surface area contributed by atoms with Crippen molar-refractivity contribution < 1.29 is 9.59 Å². The van der Waals surface area contributed by atoms with Crippen molar-refractivity contribution in [3.8, 4) is 0 Å². The number of benzene rings is 1. The van der Waals surface area contributed by atoms with E-state index in [1.807, 2.05) is 52.8 Å². The molecule has 0 aliphatic carbocycles. The summed E-state index contributed by atoms with van der Waals surface area (Å²) in [6.07, 6.45) is 0.607. The molecule has 1 fully saturated rings. The molecule has 2 unspecified atom stereocenters. The molecule has 1 aromatic rings. The van der Waals surface area contributed by atoms with E-state index in [-0.39, 0.29) is 17.7 Å². The molecule has 114 valence electrons. The van der Waals surface area contributed by atoms with Crippen LogP contribution in [-0.2, 0) is 9.59 Å². The average molecular weight is 288 g/mol. The lowest BCUT2D eigenvalue weighted by Gasteiger charge is -2.40. The maximum Gasteiger partial charge on any atom is 0.250 e. The van der Waals surface area contributed by atoms with Gasteiger partial charge in [0.05, 0.1) is 0 Å². The molecule has 0 spiro atoms. The van der Waals surface area contributed by atoms with Crippen molar-refractivity contribution in [3.05, 3.63) is 29.3 Å². The van der Waals surface area contributed by atoms with E-state index in [9.17, 15) is 9.59 Å². The highest BCUT2D eigenvalue weighted by Crippen LogP contribution is 2.28. The molecule has 2 rings (SSSR count). The number of carbonyl (C=O) groups excluding carboxylic acids is 2. The van der Waals surface area contributed by atoms with Gasteiger partial charge in [0.2, 0.25) is 5.91 Å². The van der Waals surface area contributed by atoms with E-state index in [0.29, 0.717) is 6.42 Å². The van der Waals surface area contributed by atoms with Gasteiger partial charge < -0.3 is 5.32 Å². The van der Waals surface area contributed by atoms with E-state index in [2.05, 4.69) is 5.32 Å². The Bertz CT molecular complexity index is 566. The minimum Gasteiger partial charge on any atom is -0.342 e. The molecule has 0 aromatic heterocycles. The molecule has 2 amide bonds. The van der Waals surface area contributed by atoms with Crippen LogP contribution in [0.1, 0.15) is 38.3 Å². The van der Waals surface area contributed by atoms with Crippen LogP contribution < -0.4 is 10.2 Å². The van der Waals surface area contributed by atoms with Gasteiger partial charge in [-0.15, -0.1) is 0 Å². The van der Waals surface area contributed by atoms with E-state index >= 15 is 0 Å². The highest BCUT2D eigenvalue weighted by Gasteiger charge is 2.41. The Balaban J connectivity index is 2.51. The number of anilines is 1. The molecule has 1 heterocycles. The van der Waals surface area contributed by atoms with Crippen LogP contribution in [0.3, 0.4) is 0 Å². The molecule has 1 saturated heterocycles. The van der Waals surface area contributed by atoms with E-state index < -0.39 is 12.1 Å². The van der Waals surface area contributed by atoms with Crippen LogP contribution in [0.4, 0.5) is 5.69 Å². The first-order chi connectivity index (χ1) is 9.86. The van der Waals surface area contributed by atoms with Gasteiger partial charge >= 0.3 is 0 Å². The maximum atomic E-state index is 12.9. The van der Waals surface area contributed by atoms with Gasteiger partial charge in [0.25, 0.3) is 5.91 Å². The van der Waals surface area contributed by atoms with Crippen LogP contribution in [0.15, 0.2) is 18.2 Å². The molecule has 0 saturated carbocycles. The van der Waals surface area contributed by atoms with Gasteiger partial charge in [0, 0.05) is 5.69 Å². The number of hydrogen-bond donors (Lipinski definition) is 1. The summed E-state index contributed by atoms with van der Waals surface area (Å²) in [5, 5.41) is 2.87. The topological polar surface area (TPSA) is 49.4 Å². The van der Waals surface area contributed by atoms with Crippen molar-refractivity contribution in [2.75, 3.05) is 4.90 Å². The van der Waals surface area contributed by atoms with E-state index in [4.69, 9.17) is 0 Å². The lowest BCUT2D eigenvalue weighted by atomic mass is 9.95. The Labute approximate surface area is 126 Å². The monoisotopic (exact) mass is 288 g/mol. The van der Waals surface area contributed by atoms with Crippen molar-refractivity contribution in [1.82, 2.24) is 5.32 Å². The number of nitrogens with one attached hydrogen (secondary N) is 1. The van der Waals surface area contributed by atoms with Crippen molar-refractivity contribution in [3.63, 3.8) is 0 Å². The number of hydrogen-bond acceptors (Lipinski definition) is 2. The van der Waals surface area contributed by atoms with Gasteiger partial charge in [0.1, 0.15) is 12.1 Å². The van der Waals surface area contributed by atoms with Crippen LogP contribution in [0.5, 0.6) is 0 Å². The van der Waals surface area contributed by atoms with Gasteiger partial charge in [-0.2, -0.15) is 0 Å². The first kappa shape index (κ1) is 15.5. The van der Waals surface area contributed by atoms with Crippen molar-refractivity contribution in [1.29, 1.82) is 0 Å². The third kappa shape index (κ3) is 2.80. The van der Waals surface area contributed by atoms with E-state index in [0.717, 1.165) is 16.8 Å². The van der Waals surface area contributed by atoms with Crippen molar-refractivity contribution in [2.24, 2.45) is 5.92 Å².